The number of esters is 1. The molecule has 0 unspecified atom stereocenters. The highest BCUT2D eigenvalue weighted by Crippen LogP contribution is 2.18. The molecule has 0 aliphatic heterocycles. The second-order valence-electron chi connectivity index (χ2n) is 6.32. The Morgan fingerprint density at radius 2 is 1.90 bits per heavy atom. The third-order valence-electron chi connectivity index (χ3n) is 4.06. The SMILES string of the molecule is C[C@@H](OC(=O)c1ccc(=O)n(CCOc2ccccc2)n1)C(=O)Nc1cccnc1Cl. The number of ether oxygens (including phenoxy) is 2. The van der Waals surface area contributed by atoms with E-state index in [1.165, 1.54) is 25.3 Å². The average Bonchev–Trinajstić information content (AvgIpc) is 2.77. The van der Waals surface area contributed by atoms with Crippen LogP contribution in [0.5, 0.6) is 5.75 Å². The molecule has 31 heavy (non-hydrogen) atoms. The van der Waals surface area contributed by atoms with Gasteiger partial charge in [-0.1, -0.05) is 29.8 Å². The van der Waals surface area contributed by atoms with Crippen molar-refractivity contribution in [2.75, 3.05) is 11.9 Å². The molecule has 3 aromatic rings. The summed E-state index contributed by atoms with van der Waals surface area (Å²) < 4.78 is 11.8. The highest BCUT2D eigenvalue weighted by molar-refractivity contribution is 6.32. The summed E-state index contributed by atoms with van der Waals surface area (Å²) in [6, 6.07) is 14.7. The zero-order chi connectivity index (χ0) is 22.2. The average molecular weight is 443 g/mol. The number of carbonyl (C=O) groups excluding carboxylic acids is 2. The summed E-state index contributed by atoms with van der Waals surface area (Å²) in [5.41, 5.74) is -0.217. The highest BCUT2D eigenvalue weighted by atomic mass is 35.5. The minimum absolute atomic E-state index is 0.112. The Kier molecular flexibility index (Phi) is 7.34. The maximum Gasteiger partial charge on any atom is 0.359 e. The topological polar surface area (TPSA) is 112 Å². The van der Waals surface area contributed by atoms with E-state index in [4.69, 9.17) is 21.1 Å². The van der Waals surface area contributed by atoms with Crippen molar-refractivity contribution < 1.29 is 19.1 Å². The summed E-state index contributed by atoms with van der Waals surface area (Å²) in [5.74, 6) is -0.787. The molecule has 2 aromatic heterocycles. The summed E-state index contributed by atoms with van der Waals surface area (Å²) in [6.07, 6.45) is 0.347. The number of nitrogens with zero attached hydrogens (tertiary/aromatic N) is 3. The Morgan fingerprint density at radius 1 is 1.13 bits per heavy atom. The normalized spacial score (nSPS) is 11.4. The standard InChI is InChI=1S/C21H19ClN4O5/c1-14(20(28)24-16-8-5-11-23-19(16)22)31-21(29)17-9-10-18(27)26(25-17)12-13-30-15-6-3-2-4-7-15/h2-11,14H,12-13H2,1H3,(H,24,28)/t14-/m1/s1. The van der Waals surface area contributed by atoms with Crippen LogP contribution in [0.1, 0.15) is 17.4 Å². The van der Waals surface area contributed by atoms with E-state index in [1.54, 1.807) is 24.3 Å². The summed E-state index contributed by atoms with van der Waals surface area (Å²) in [5, 5.41) is 6.64. The van der Waals surface area contributed by atoms with Gasteiger partial charge in [-0.3, -0.25) is 9.59 Å². The molecule has 9 nitrogen and oxygen atoms in total. The number of benzene rings is 1. The predicted molar refractivity (Wildman–Crippen MR) is 113 cm³/mol. The first-order valence-electron chi connectivity index (χ1n) is 9.32. The van der Waals surface area contributed by atoms with E-state index < -0.39 is 23.5 Å². The lowest BCUT2D eigenvalue weighted by Crippen LogP contribution is -2.32. The summed E-state index contributed by atoms with van der Waals surface area (Å²) >= 11 is 5.90. The summed E-state index contributed by atoms with van der Waals surface area (Å²) in [7, 11) is 0. The van der Waals surface area contributed by atoms with Crippen LogP contribution in [-0.2, 0) is 16.1 Å². The van der Waals surface area contributed by atoms with Crippen molar-refractivity contribution >= 4 is 29.2 Å². The quantitative estimate of drug-likeness (QED) is 0.421. The minimum Gasteiger partial charge on any atom is -0.492 e. The van der Waals surface area contributed by atoms with E-state index in [0.717, 1.165) is 4.68 Å². The number of aromatic nitrogens is 3. The van der Waals surface area contributed by atoms with Gasteiger partial charge in [0.15, 0.2) is 17.0 Å². The van der Waals surface area contributed by atoms with Gasteiger partial charge in [-0.25, -0.2) is 14.5 Å². The molecule has 0 saturated heterocycles. The molecule has 0 radical (unpaired) electrons. The minimum atomic E-state index is -1.13. The van der Waals surface area contributed by atoms with Crippen LogP contribution in [0.15, 0.2) is 65.6 Å². The molecule has 1 amide bonds. The number of rotatable bonds is 8. The van der Waals surface area contributed by atoms with Crippen molar-refractivity contribution in [1.29, 1.82) is 0 Å². The molecule has 0 aliphatic carbocycles. The van der Waals surface area contributed by atoms with E-state index in [-0.39, 0.29) is 24.0 Å². The van der Waals surface area contributed by atoms with Crippen LogP contribution in [0, 0.1) is 0 Å². The number of carbonyl (C=O) groups is 2. The zero-order valence-corrected chi connectivity index (χ0v) is 17.3. The third kappa shape index (κ3) is 6.13. The number of pyridine rings is 1. The summed E-state index contributed by atoms with van der Waals surface area (Å²) in [6.45, 7) is 1.71. The van der Waals surface area contributed by atoms with Gasteiger partial charge < -0.3 is 14.8 Å². The number of halogens is 1. The van der Waals surface area contributed by atoms with Crippen LogP contribution in [-0.4, -0.2) is 39.4 Å². The Morgan fingerprint density at radius 3 is 2.65 bits per heavy atom. The lowest BCUT2D eigenvalue weighted by atomic mass is 10.3. The van der Waals surface area contributed by atoms with E-state index in [0.29, 0.717) is 11.4 Å². The number of nitrogens with one attached hydrogen (secondary N) is 1. The van der Waals surface area contributed by atoms with Crippen molar-refractivity contribution in [2.24, 2.45) is 0 Å². The molecular weight excluding hydrogens is 424 g/mol. The van der Waals surface area contributed by atoms with Gasteiger partial charge in [0.1, 0.15) is 12.4 Å². The molecule has 0 fully saturated rings. The largest absolute Gasteiger partial charge is 0.492 e. The predicted octanol–water partition coefficient (Wildman–Crippen LogP) is 2.55. The van der Waals surface area contributed by atoms with Gasteiger partial charge in [0.2, 0.25) is 0 Å². The number of hydrogen-bond acceptors (Lipinski definition) is 7. The van der Waals surface area contributed by atoms with Crippen LogP contribution in [0.3, 0.4) is 0 Å². The molecule has 1 atom stereocenters. The first kappa shape index (κ1) is 22.0. The van der Waals surface area contributed by atoms with Gasteiger partial charge in [0.25, 0.3) is 11.5 Å². The van der Waals surface area contributed by atoms with Crippen molar-refractivity contribution in [1.82, 2.24) is 14.8 Å². The fraction of sp³-hybridized carbons (Fsp3) is 0.190. The molecule has 3 rings (SSSR count). The molecular formula is C21H19ClN4O5. The second-order valence-corrected chi connectivity index (χ2v) is 6.68. The van der Waals surface area contributed by atoms with Gasteiger partial charge in [0.05, 0.1) is 12.2 Å². The monoisotopic (exact) mass is 442 g/mol. The number of hydrogen-bond donors (Lipinski definition) is 1. The number of anilines is 1. The van der Waals surface area contributed by atoms with Crippen LogP contribution >= 0.6 is 11.6 Å². The molecule has 0 bridgehead atoms. The van der Waals surface area contributed by atoms with Gasteiger partial charge in [-0.2, -0.15) is 5.10 Å². The maximum atomic E-state index is 12.4. The maximum absolute atomic E-state index is 12.4. The molecule has 1 N–H and O–H groups in total. The molecule has 10 heteroatoms. The fourth-order valence-electron chi connectivity index (χ4n) is 2.47. The third-order valence-corrected chi connectivity index (χ3v) is 4.36. The van der Waals surface area contributed by atoms with E-state index in [1.807, 2.05) is 18.2 Å². The van der Waals surface area contributed by atoms with Crippen molar-refractivity contribution in [3.63, 3.8) is 0 Å². The van der Waals surface area contributed by atoms with Gasteiger partial charge >= 0.3 is 5.97 Å². The van der Waals surface area contributed by atoms with Crippen LogP contribution < -0.4 is 15.6 Å². The van der Waals surface area contributed by atoms with Crippen LogP contribution in [0.25, 0.3) is 0 Å². The molecule has 0 spiro atoms. The lowest BCUT2D eigenvalue weighted by molar-refractivity contribution is -0.123. The van der Waals surface area contributed by atoms with Crippen molar-refractivity contribution in [3.05, 3.63) is 82.0 Å². The van der Waals surface area contributed by atoms with E-state index >= 15 is 0 Å². The van der Waals surface area contributed by atoms with Crippen LogP contribution in [0.2, 0.25) is 5.15 Å². The van der Waals surface area contributed by atoms with Crippen LogP contribution in [0.4, 0.5) is 5.69 Å². The molecule has 2 heterocycles. The van der Waals surface area contributed by atoms with Gasteiger partial charge in [-0.05, 0) is 37.3 Å². The van der Waals surface area contributed by atoms with Crippen molar-refractivity contribution in [3.8, 4) is 5.75 Å². The van der Waals surface area contributed by atoms with Gasteiger partial charge in [0, 0.05) is 12.3 Å². The first-order chi connectivity index (χ1) is 14.9. The Bertz CT molecular complexity index is 1120. The molecule has 0 aliphatic rings. The molecule has 1 aromatic carbocycles. The second kappa shape index (κ2) is 10.4. The van der Waals surface area contributed by atoms with Crippen molar-refractivity contribution in [2.45, 2.75) is 19.6 Å². The smallest absolute Gasteiger partial charge is 0.359 e. The van der Waals surface area contributed by atoms with E-state index in [9.17, 15) is 14.4 Å². The van der Waals surface area contributed by atoms with Gasteiger partial charge in [-0.15, -0.1) is 0 Å². The summed E-state index contributed by atoms with van der Waals surface area (Å²) in [4.78, 5) is 40.5. The first-order valence-corrected chi connectivity index (χ1v) is 9.70. The Hall–Kier alpha value is -3.72. The number of para-hydroxylation sites is 1. The lowest BCUT2D eigenvalue weighted by Gasteiger charge is -2.14. The number of amides is 1. The Labute approximate surface area is 182 Å². The fourth-order valence-corrected chi connectivity index (χ4v) is 2.64. The van der Waals surface area contributed by atoms with E-state index in [2.05, 4.69) is 15.4 Å². The Balaban J connectivity index is 1.59. The molecule has 0 saturated carbocycles. The highest BCUT2D eigenvalue weighted by Gasteiger charge is 2.21. The molecule has 160 valence electrons. The zero-order valence-electron chi connectivity index (χ0n) is 16.5.